The summed E-state index contributed by atoms with van der Waals surface area (Å²) in [5, 5.41) is 0. The lowest BCUT2D eigenvalue weighted by molar-refractivity contribution is -0.274. The SMILES string of the molecule is CC(C)COc1cc(OC(F)(F)F)cc(B2OC(C)(C)C(C)(C)O2)c1. The molecule has 1 fully saturated rings. The van der Waals surface area contributed by atoms with Crippen LogP contribution in [0.1, 0.15) is 41.5 Å². The summed E-state index contributed by atoms with van der Waals surface area (Å²) in [6.45, 7) is 11.8. The third-order valence-corrected chi connectivity index (χ3v) is 4.24. The highest BCUT2D eigenvalue weighted by Gasteiger charge is 2.52. The first-order valence-electron chi connectivity index (χ1n) is 8.18. The highest BCUT2D eigenvalue weighted by atomic mass is 19.4. The molecule has 0 radical (unpaired) electrons. The largest absolute Gasteiger partial charge is 0.573 e. The fraction of sp³-hybridized carbons (Fsp3) is 0.647. The van der Waals surface area contributed by atoms with Crippen LogP contribution in [0.15, 0.2) is 18.2 Å². The van der Waals surface area contributed by atoms with E-state index in [0.717, 1.165) is 0 Å². The van der Waals surface area contributed by atoms with Gasteiger partial charge in [-0.2, -0.15) is 0 Å². The zero-order valence-corrected chi connectivity index (χ0v) is 15.4. The highest BCUT2D eigenvalue weighted by Crippen LogP contribution is 2.37. The Morgan fingerprint density at radius 3 is 2.00 bits per heavy atom. The van der Waals surface area contributed by atoms with Crippen LogP contribution < -0.4 is 14.9 Å². The average molecular weight is 360 g/mol. The maximum absolute atomic E-state index is 12.6. The smallest absolute Gasteiger partial charge is 0.493 e. The number of ether oxygens (including phenoxy) is 2. The highest BCUT2D eigenvalue weighted by molar-refractivity contribution is 6.62. The molecule has 8 heteroatoms. The van der Waals surface area contributed by atoms with Crippen LogP contribution in [-0.2, 0) is 9.31 Å². The molecule has 1 heterocycles. The number of benzene rings is 1. The van der Waals surface area contributed by atoms with Crippen molar-refractivity contribution in [3.63, 3.8) is 0 Å². The minimum absolute atomic E-state index is 0.229. The fourth-order valence-corrected chi connectivity index (χ4v) is 2.25. The van der Waals surface area contributed by atoms with Crippen LogP contribution in [0.5, 0.6) is 11.5 Å². The Morgan fingerprint density at radius 1 is 1.00 bits per heavy atom. The van der Waals surface area contributed by atoms with E-state index in [1.165, 1.54) is 12.1 Å². The van der Waals surface area contributed by atoms with Gasteiger partial charge in [0.25, 0.3) is 0 Å². The van der Waals surface area contributed by atoms with E-state index >= 15 is 0 Å². The molecule has 0 bridgehead atoms. The van der Waals surface area contributed by atoms with E-state index in [9.17, 15) is 13.2 Å². The van der Waals surface area contributed by atoms with Gasteiger partial charge in [0.15, 0.2) is 0 Å². The molecule has 0 aromatic heterocycles. The molecule has 140 valence electrons. The summed E-state index contributed by atoms with van der Waals surface area (Å²) in [5.74, 6) is 0.145. The third kappa shape index (κ3) is 5.04. The standard InChI is InChI=1S/C17H24BF3O4/c1-11(2)10-22-13-7-12(8-14(9-13)23-17(19,20)21)18-24-15(3,4)16(5,6)25-18/h7-9,11H,10H2,1-6H3. The molecule has 1 aromatic carbocycles. The second kappa shape index (κ2) is 6.72. The van der Waals surface area contributed by atoms with Crippen molar-refractivity contribution in [1.29, 1.82) is 0 Å². The number of hydrogen-bond acceptors (Lipinski definition) is 4. The van der Waals surface area contributed by atoms with Gasteiger partial charge in [-0.1, -0.05) is 13.8 Å². The van der Waals surface area contributed by atoms with Gasteiger partial charge in [0.1, 0.15) is 11.5 Å². The first-order chi connectivity index (χ1) is 11.3. The van der Waals surface area contributed by atoms with Crippen molar-refractivity contribution in [3.8, 4) is 11.5 Å². The van der Waals surface area contributed by atoms with Gasteiger partial charge in [0.2, 0.25) is 0 Å². The van der Waals surface area contributed by atoms with Gasteiger partial charge >= 0.3 is 13.5 Å². The Morgan fingerprint density at radius 2 is 1.52 bits per heavy atom. The lowest BCUT2D eigenvalue weighted by Gasteiger charge is -2.32. The normalized spacial score (nSPS) is 19.4. The lowest BCUT2D eigenvalue weighted by Crippen LogP contribution is -2.41. The fourth-order valence-electron chi connectivity index (χ4n) is 2.25. The zero-order valence-electron chi connectivity index (χ0n) is 15.4. The van der Waals surface area contributed by atoms with Crippen LogP contribution in [0.4, 0.5) is 13.2 Å². The minimum Gasteiger partial charge on any atom is -0.493 e. The summed E-state index contributed by atoms with van der Waals surface area (Å²) < 4.78 is 59.3. The molecular weight excluding hydrogens is 336 g/mol. The first kappa shape index (κ1) is 19.9. The van der Waals surface area contributed by atoms with Crippen LogP contribution in [0, 0.1) is 5.92 Å². The topological polar surface area (TPSA) is 36.9 Å². The molecule has 1 saturated heterocycles. The van der Waals surface area contributed by atoms with Crippen LogP contribution >= 0.6 is 0 Å². The molecular formula is C17H24BF3O4. The van der Waals surface area contributed by atoms with Gasteiger partial charge in [-0.05, 0) is 51.2 Å². The van der Waals surface area contributed by atoms with Crippen molar-refractivity contribution in [2.24, 2.45) is 5.92 Å². The molecule has 0 unspecified atom stereocenters. The Bertz CT molecular complexity index is 598. The van der Waals surface area contributed by atoms with Gasteiger partial charge < -0.3 is 18.8 Å². The number of hydrogen-bond donors (Lipinski definition) is 0. The summed E-state index contributed by atoms with van der Waals surface area (Å²) in [6.07, 6.45) is -4.79. The predicted molar refractivity (Wildman–Crippen MR) is 89.2 cm³/mol. The van der Waals surface area contributed by atoms with E-state index in [-0.39, 0.29) is 17.4 Å². The van der Waals surface area contributed by atoms with Crippen molar-refractivity contribution >= 4 is 12.6 Å². The maximum Gasteiger partial charge on any atom is 0.573 e. The van der Waals surface area contributed by atoms with Crippen LogP contribution in [-0.4, -0.2) is 31.3 Å². The number of alkyl halides is 3. The van der Waals surface area contributed by atoms with E-state index in [1.807, 2.05) is 41.5 Å². The molecule has 2 rings (SSSR count). The maximum atomic E-state index is 12.6. The van der Waals surface area contributed by atoms with Crippen molar-refractivity contribution in [3.05, 3.63) is 18.2 Å². The van der Waals surface area contributed by atoms with E-state index in [4.69, 9.17) is 14.0 Å². The average Bonchev–Trinajstić information content (AvgIpc) is 2.63. The predicted octanol–water partition coefficient (Wildman–Crippen LogP) is 3.92. The summed E-state index contributed by atoms with van der Waals surface area (Å²) in [7, 11) is -0.803. The van der Waals surface area contributed by atoms with Gasteiger partial charge in [-0.25, -0.2) is 0 Å². The second-order valence-electron chi connectivity index (χ2n) is 7.58. The summed E-state index contributed by atoms with van der Waals surface area (Å²) >= 11 is 0. The summed E-state index contributed by atoms with van der Waals surface area (Å²) in [4.78, 5) is 0. The lowest BCUT2D eigenvalue weighted by atomic mass is 9.79. The molecule has 0 aliphatic carbocycles. The van der Waals surface area contributed by atoms with Gasteiger partial charge in [0.05, 0.1) is 17.8 Å². The van der Waals surface area contributed by atoms with Gasteiger partial charge in [-0.15, -0.1) is 13.2 Å². The molecule has 1 aliphatic rings. The summed E-state index contributed by atoms with van der Waals surface area (Å²) in [5.41, 5.74) is -0.784. The summed E-state index contributed by atoms with van der Waals surface area (Å²) in [6, 6.07) is 4.09. The van der Waals surface area contributed by atoms with E-state index in [0.29, 0.717) is 12.1 Å². The van der Waals surface area contributed by atoms with E-state index in [1.54, 1.807) is 6.07 Å². The molecule has 0 N–H and O–H groups in total. The van der Waals surface area contributed by atoms with Crippen molar-refractivity contribution in [2.45, 2.75) is 59.1 Å². The van der Waals surface area contributed by atoms with E-state index in [2.05, 4.69) is 4.74 Å². The molecule has 1 aliphatic heterocycles. The zero-order chi connectivity index (χ0) is 19.0. The molecule has 0 amide bonds. The molecule has 0 spiro atoms. The monoisotopic (exact) mass is 360 g/mol. The quantitative estimate of drug-likeness (QED) is 0.746. The van der Waals surface area contributed by atoms with Gasteiger partial charge in [0, 0.05) is 6.07 Å². The Balaban J connectivity index is 2.33. The third-order valence-electron chi connectivity index (χ3n) is 4.24. The Hall–Kier alpha value is -1.41. The van der Waals surface area contributed by atoms with Crippen molar-refractivity contribution in [2.75, 3.05) is 6.61 Å². The first-order valence-corrected chi connectivity index (χ1v) is 8.18. The van der Waals surface area contributed by atoms with Crippen LogP contribution in [0.3, 0.4) is 0 Å². The second-order valence-corrected chi connectivity index (χ2v) is 7.58. The number of halogens is 3. The molecule has 25 heavy (non-hydrogen) atoms. The molecule has 4 nitrogen and oxygen atoms in total. The minimum atomic E-state index is -4.79. The molecule has 1 aromatic rings. The van der Waals surface area contributed by atoms with Crippen LogP contribution in [0.25, 0.3) is 0 Å². The Labute approximate surface area is 146 Å². The van der Waals surface area contributed by atoms with Crippen molar-refractivity contribution < 1.29 is 32.0 Å². The molecule has 0 saturated carbocycles. The van der Waals surface area contributed by atoms with Crippen LogP contribution in [0.2, 0.25) is 0 Å². The Kier molecular flexibility index (Phi) is 5.35. The van der Waals surface area contributed by atoms with Crippen molar-refractivity contribution in [1.82, 2.24) is 0 Å². The van der Waals surface area contributed by atoms with E-state index < -0.39 is 24.7 Å². The number of rotatable bonds is 5. The van der Waals surface area contributed by atoms with Gasteiger partial charge in [-0.3, -0.25) is 0 Å². The molecule has 0 atom stereocenters.